The second kappa shape index (κ2) is 8.78. The number of thiazole rings is 1. The Labute approximate surface area is 191 Å². The van der Waals surface area contributed by atoms with E-state index in [1.54, 1.807) is 17.5 Å². The highest BCUT2D eigenvalue weighted by molar-refractivity contribution is 7.15. The molecule has 8 heteroatoms. The Morgan fingerprint density at radius 2 is 2.09 bits per heavy atom. The number of carbonyl (C=O) groups is 1. The van der Waals surface area contributed by atoms with Crippen molar-refractivity contribution < 1.29 is 4.79 Å². The number of para-hydroxylation sites is 1. The van der Waals surface area contributed by atoms with Crippen LogP contribution < -0.4 is 5.32 Å². The van der Waals surface area contributed by atoms with Crippen LogP contribution in [0, 0.1) is 0 Å². The van der Waals surface area contributed by atoms with Gasteiger partial charge in [-0.2, -0.15) is 0 Å². The number of benzene rings is 1. The molecule has 0 radical (unpaired) electrons. The molecule has 1 fully saturated rings. The van der Waals surface area contributed by atoms with E-state index in [1.807, 2.05) is 46.0 Å². The van der Waals surface area contributed by atoms with E-state index in [0.717, 1.165) is 47.4 Å². The molecule has 4 heterocycles. The standard InChI is InChI=1S/C24H28N6OS/c1-17(2)22-25-10-12-29(22)16-20(31)28-11-6-7-18(15-28)21-23-30(13-14-32-23)24(27-21)26-19-8-4-3-5-9-19/h3-5,8-10,12-14,17-18H,6-7,11,15-16H2,1-2H3,(H,26,27)/t18-/m0/s1. The van der Waals surface area contributed by atoms with Gasteiger partial charge >= 0.3 is 0 Å². The van der Waals surface area contributed by atoms with Crippen LogP contribution in [-0.2, 0) is 11.3 Å². The van der Waals surface area contributed by atoms with Gasteiger partial charge in [-0.05, 0) is 25.0 Å². The van der Waals surface area contributed by atoms with Crippen LogP contribution in [0.2, 0.25) is 0 Å². The highest BCUT2D eigenvalue weighted by atomic mass is 32.1. The van der Waals surface area contributed by atoms with E-state index in [1.165, 1.54) is 0 Å². The summed E-state index contributed by atoms with van der Waals surface area (Å²) in [5.41, 5.74) is 2.10. The molecule has 1 aliphatic heterocycles. The van der Waals surface area contributed by atoms with Crippen LogP contribution in [0.25, 0.3) is 4.83 Å². The van der Waals surface area contributed by atoms with Crippen LogP contribution >= 0.6 is 11.3 Å². The van der Waals surface area contributed by atoms with Gasteiger partial charge < -0.3 is 14.8 Å². The summed E-state index contributed by atoms with van der Waals surface area (Å²) in [6.45, 7) is 6.06. The van der Waals surface area contributed by atoms with Gasteiger partial charge in [0.05, 0.1) is 5.69 Å². The van der Waals surface area contributed by atoms with Gasteiger partial charge in [0, 0.05) is 54.6 Å². The number of piperidine rings is 1. The number of amides is 1. The second-order valence-corrected chi connectivity index (χ2v) is 9.53. The zero-order valence-corrected chi connectivity index (χ0v) is 19.3. The first-order valence-electron chi connectivity index (χ1n) is 11.2. The Morgan fingerprint density at radius 1 is 1.25 bits per heavy atom. The maximum Gasteiger partial charge on any atom is 0.242 e. The molecule has 0 unspecified atom stereocenters. The van der Waals surface area contributed by atoms with Gasteiger partial charge in [-0.1, -0.05) is 32.0 Å². The van der Waals surface area contributed by atoms with Crippen molar-refractivity contribution >= 4 is 33.7 Å². The van der Waals surface area contributed by atoms with Crippen LogP contribution in [0.1, 0.15) is 50.0 Å². The molecule has 0 aliphatic carbocycles. The number of likely N-dealkylation sites (tertiary alicyclic amines) is 1. The van der Waals surface area contributed by atoms with Crippen molar-refractivity contribution in [1.29, 1.82) is 0 Å². The largest absolute Gasteiger partial charge is 0.340 e. The number of nitrogens with one attached hydrogen (secondary N) is 1. The van der Waals surface area contributed by atoms with E-state index in [4.69, 9.17) is 4.98 Å². The van der Waals surface area contributed by atoms with E-state index < -0.39 is 0 Å². The number of hydrogen-bond donors (Lipinski definition) is 1. The fourth-order valence-corrected chi connectivity index (χ4v) is 5.38. The third-order valence-corrected chi connectivity index (χ3v) is 6.93. The van der Waals surface area contributed by atoms with Gasteiger partial charge in [-0.25, -0.2) is 9.97 Å². The number of imidazole rings is 2. The van der Waals surface area contributed by atoms with Gasteiger partial charge in [-0.15, -0.1) is 11.3 Å². The van der Waals surface area contributed by atoms with Gasteiger partial charge in [0.25, 0.3) is 0 Å². The van der Waals surface area contributed by atoms with Crippen LogP contribution in [0.3, 0.4) is 0 Å². The molecule has 5 rings (SSSR count). The van der Waals surface area contributed by atoms with Crippen molar-refractivity contribution in [3.05, 3.63) is 65.8 Å². The van der Waals surface area contributed by atoms with E-state index in [-0.39, 0.29) is 11.8 Å². The first-order chi connectivity index (χ1) is 15.6. The fourth-order valence-electron chi connectivity index (χ4n) is 4.48. The maximum absolute atomic E-state index is 13.1. The number of nitrogens with zero attached hydrogens (tertiary/aromatic N) is 5. The molecule has 3 aromatic heterocycles. The first-order valence-corrected chi connectivity index (χ1v) is 12.0. The van der Waals surface area contributed by atoms with Crippen LogP contribution in [0.4, 0.5) is 11.6 Å². The third-order valence-electron chi connectivity index (χ3n) is 6.04. The average molecular weight is 449 g/mol. The van der Waals surface area contributed by atoms with Crippen molar-refractivity contribution in [2.24, 2.45) is 0 Å². The Hall–Kier alpha value is -3.13. The lowest BCUT2D eigenvalue weighted by molar-refractivity contribution is -0.133. The smallest absolute Gasteiger partial charge is 0.242 e. The van der Waals surface area contributed by atoms with Crippen molar-refractivity contribution in [2.45, 2.75) is 45.1 Å². The summed E-state index contributed by atoms with van der Waals surface area (Å²) >= 11 is 1.70. The van der Waals surface area contributed by atoms with E-state index >= 15 is 0 Å². The van der Waals surface area contributed by atoms with Gasteiger partial charge in [0.1, 0.15) is 17.2 Å². The quantitative estimate of drug-likeness (QED) is 0.457. The number of carbonyl (C=O) groups excluding carboxylic acids is 1. The van der Waals surface area contributed by atoms with E-state index in [9.17, 15) is 4.79 Å². The molecule has 1 atom stereocenters. The van der Waals surface area contributed by atoms with Crippen molar-refractivity contribution in [3.63, 3.8) is 0 Å². The molecule has 7 nitrogen and oxygen atoms in total. The topological polar surface area (TPSA) is 67.5 Å². The predicted octanol–water partition coefficient (Wildman–Crippen LogP) is 4.87. The first kappa shape index (κ1) is 20.8. The predicted molar refractivity (Wildman–Crippen MR) is 128 cm³/mol. The Bertz CT molecular complexity index is 1210. The Morgan fingerprint density at radius 3 is 2.91 bits per heavy atom. The molecule has 1 N–H and O–H groups in total. The number of rotatable bonds is 6. The maximum atomic E-state index is 13.1. The minimum atomic E-state index is 0.152. The summed E-state index contributed by atoms with van der Waals surface area (Å²) in [6, 6.07) is 10.1. The highest BCUT2D eigenvalue weighted by Crippen LogP contribution is 2.34. The molecule has 0 saturated carbocycles. The molecule has 1 saturated heterocycles. The molecule has 1 aliphatic rings. The van der Waals surface area contributed by atoms with Crippen LogP contribution in [0.15, 0.2) is 54.3 Å². The lowest BCUT2D eigenvalue weighted by Crippen LogP contribution is -2.41. The molecule has 1 aromatic carbocycles. The highest BCUT2D eigenvalue weighted by Gasteiger charge is 2.29. The molecule has 0 bridgehead atoms. The molecular formula is C24H28N6OS. The lowest BCUT2D eigenvalue weighted by atomic mass is 9.95. The zero-order chi connectivity index (χ0) is 22.1. The third kappa shape index (κ3) is 4.02. The zero-order valence-electron chi connectivity index (χ0n) is 18.4. The van der Waals surface area contributed by atoms with Gasteiger partial charge in [-0.3, -0.25) is 9.20 Å². The van der Waals surface area contributed by atoms with Crippen molar-refractivity contribution in [2.75, 3.05) is 18.4 Å². The molecule has 0 spiro atoms. The normalized spacial score (nSPS) is 16.7. The minimum absolute atomic E-state index is 0.152. The molecule has 166 valence electrons. The second-order valence-electron chi connectivity index (χ2n) is 8.64. The van der Waals surface area contributed by atoms with Crippen molar-refractivity contribution in [3.8, 4) is 0 Å². The number of anilines is 2. The molecule has 4 aromatic rings. The monoisotopic (exact) mass is 448 g/mol. The van der Waals surface area contributed by atoms with Crippen LogP contribution in [-0.4, -0.2) is 42.8 Å². The summed E-state index contributed by atoms with van der Waals surface area (Å²) < 4.78 is 4.10. The number of hydrogen-bond acceptors (Lipinski definition) is 5. The van der Waals surface area contributed by atoms with Crippen molar-refractivity contribution in [1.82, 2.24) is 23.8 Å². The van der Waals surface area contributed by atoms with Gasteiger partial charge in [0.15, 0.2) is 0 Å². The Kier molecular flexibility index (Phi) is 5.70. The summed E-state index contributed by atoms with van der Waals surface area (Å²) in [5.74, 6) is 2.46. The number of aromatic nitrogens is 4. The van der Waals surface area contributed by atoms with Crippen LogP contribution in [0.5, 0.6) is 0 Å². The Balaban J connectivity index is 1.35. The van der Waals surface area contributed by atoms with E-state index in [0.29, 0.717) is 19.0 Å². The summed E-state index contributed by atoms with van der Waals surface area (Å²) in [4.78, 5) is 25.7. The average Bonchev–Trinajstić information content (AvgIpc) is 3.53. The van der Waals surface area contributed by atoms with Gasteiger partial charge in [0.2, 0.25) is 11.9 Å². The summed E-state index contributed by atoms with van der Waals surface area (Å²) in [5, 5.41) is 5.53. The SMILES string of the molecule is CC(C)c1nccn1CC(=O)N1CCC[C@H](c2nc(Nc3ccccc3)n3ccsc23)C1. The van der Waals surface area contributed by atoms with E-state index in [2.05, 4.69) is 40.1 Å². The summed E-state index contributed by atoms with van der Waals surface area (Å²) in [6.07, 6.45) is 7.77. The molecule has 32 heavy (non-hydrogen) atoms. The number of fused-ring (bicyclic) bond motifs is 1. The minimum Gasteiger partial charge on any atom is -0.340 e. The lowest BCUT2D eigenvalue weighted by Gasteiger charge is -2.32. The molecule has 1 amide bonds. The summed E-state index contributed by atoms with van der Waals surface area (Å²) in [7, 11) is 0. The fraction of sp³-hybridized carbons (Fsp3) is 0.375. The molecular weight excluding hydrogens is 420 g/mol.